The van der Waals surface area contributed by atoms with Crippen molar-refractivity contribution in [1.29, 1.82) is 0 Å². The third-order valence-electron chi connectivity index (χ3n) is 3.60. The molecule has 0 amide bonds. The van der Waals surface area contributed by atoms with Crippen LogP contribution in [0.1, 0.15) is 62.4 Å². The number of nitrogens with one attached hydrogen (secondary N) is 1. The number of nitrogens with zero attached hydrogens (tertiary/aromatic N) is 2. The first-order valence-corrected chi connectivity index (χ1v) is 6.83. The predicted octanol–water partition coefficient (Wildman–Crippen LogP) is 3.65. The van der Waals surface area contributed by atoms with Gasteiger partial charge < -0.3 is 5.32 Å². The van der Waals surface area contributed by atoms with Crippen LogP contribution in [0.25, 0.3) is 0 Å². The average Bonchev–Trinajstić information content (AvgIpc) is 2.27. The van der Waals surface area contributed by atoms with Gasteiger partial charge in [0.2, 0.25) is 0 Å². The summed E-state index contributed by atoms with van der Waals surface area (Å²) in [5.41, 5.74) is 1.07. The Labute approximate surface area is 104 Å². The third kappa shape index (κ3) is 3.42. The molecule has 0 bridgehead atoms. The molecule has 0 aromatic carbocycles. The van der Waals surface area contributed by atoms with E-state index in [1.54, 1.807) is 0 Å². The summed E-state index contributed by atoms with van der Waals surface area (Å²) in [6, 6.07) is 2.01. The summed E-state index contributed by atoms with van der Waals surface area (Å²) in [5, 5.41) is 3.12. The van der Waals surface area contributed by atoms with Gasteiger partial charge in [-0.05, 0) is 19.8 Å². The summed E-state index contributed by atoms with van der Waals surface area (Å²) in [7, 11) is 1.92. The molecule has 0 spiro atoms. The lowest BCUT2D eigenvalue weighted by atomic mass is 9.90. The van der Waals surface area contributed by atoms with Crippen LogP contribution in [0.4, 0.5) is 5.82 Å². The van der Waals surface area contributed by atoms with Gasteiger partial charge in [0.15, 0.2) is 0 Å². The summed E-state index contributed by atoms with van der Waals surface area (Å²) in [4.78, 5) is 9.25. The standard InChI is InChI=1S/C14H23N3/c1-11-10-13(15-2)17-14(16-11)12-8-6-4-3-5-7-9-12/h10,12H,3-9H2,1-2H3,(H,15,16,17). The zero-order valence-corrected chi connectivity index (χ0v) is 11.0. The Balaban J connectivity index is 2.15. The molecule has 1 aliphatic carbocycles. The second kappa shape index (κ2) is 5.99. The van der Waals surface area contributed by atoms with Gasteiger partial charge in [-0.3, -0.25) is 0 Å². The molecule has 1 aliphatic rings. The highest BCUT2D eigenvalue weighted by Crippen LogP contribution is 2.29. The Morgan fingerprint density at radius 3 is 2.35 bits per heavy atom. The van der Waals surface area contributed by atoms with Gasteiger partial charge in [-0.15, -0.1) is 0 Å². The van der Waals surface area contributed by atoms with Crippen LogP contribution >= 0.6 is 0 Å². The molecule has 17 heavy (non-hydrogen) atoms. The molecule has 0 atom stereocenters. The monoisotopic (exact) mass is 233 g/mol. The average molecular weight is 233 g/mol. The Morgan fingerprint density at radius 1 is 1.06 bits per heavy atom. The fraction of sp³-hybridized carbons (Fsp3) is 0.714. The van der Waals surface area contributed by atoms with Crippen molar-refractivity contribution in [2.75, 3.05) is 12.4 Å². The van der Waals surface area contributed by atoms with E-state index in [0.717, 1.165) is 17.3 Å². The third-order valence-corrected chi connectivity index (χ3v) is 3.60. The predicted molar refractivity (Wildman–Crippen MR) is 71.4 cm³/mol. The lowest BCUT2D eigenvalue weighted by molar-refractivity contribution is 0.442. The molecule has 0 aliphatic heterocycles. The summed E-state index contributed by atoms with van der Waals surface area (Å²) >= 11 is 0. The molecule has 0 saturated heterocycles. The Morgan fingerprint density at radius 2 is 1.71 bits per heavy atom. The number of rotatable bonds is 2. The Kier molecular flexibility index (Phi) is 4.35. The van der Waals surface area contributed by atoms with Crippen molar-refractivity contribution in [3.05, 3.63) is 17.6 Å². The summed E-state index contributed by atoms with van der Waals surface area (Å²) in [6.07, 6.45) is 9.33. The SMILES string of the molecule is CNc1cc(C)nc(C2CCCCCCC2)n1. The summed E-state index contributed by atoms with van der Waals surface area (Å²) < 4.78 is 0. The summed E-state index contributed by atoms with van der Waals surface area (Å²) in [6.45, 7) is 2.05. The molecule has 1 fully saturated rings. The van der Waals surface area contributed by atoms with Crippen molar-refractivity contribution in [2.24, 2.45) is 0 Å². The van der Waals surface area contributed by atoms with Crippen molar-refractivity contribution in [3.63, 3.8) is 0 Å². The number of hydrogen-bond acceptors (Lipinski definition) is 3. The highest BCUT2D eigenvalue weighted by molar-refractivity contribution is 5.35. The smallest absolute Gasteiger partial charge is 0.134 e. The minimum absolute atomic E-state index is 0.572. The minimum Gasteiger partial charge on any atom is -0.373 e. The van der Waals surface area contributed by atoms with E-state index < -0.39 is 0 Å². The molecule has 1 N–H and O–H groups in total. The number of anilines is 1. The van der Waals surface area contributed by atoms with E-state index in [1.165, 1.54) is 44.9 Å². The zero-order chi connectivity index (χ0) is 12.1. The highest BCUT2D eigenvalue weighted by Gasteiger charge is 2.17. The number of aryl methyl sites for hydroxylation is 1. The molecule has 3 nitrogen and oxygen atoms in total. The van der Waals surface area contributed by atoms with Crippen LogP contribution in [0.5, 0.6) is 0 Å². The van der Waals surface area contributed by atoms with Gasteiger partial charge in [-0.25, -0.2) is 9.97 Å². The van der Waals surface area contributed by atoms with Crippen LogP contribution < -0.4 is 5.32 Å². The van der Waals surface area contributed by atoms with Gasteiger partial charge >= 0.3 is 0 Å². The van der Waals surface area contributed by atoms with Crippen LogP contribution in [-0.2, 0) is 0 Å². The van der Waals surface area contributed by atoms with Gasteiger partial charge in [0, 0.05) is 24.7 Å². The molecular formula is C14H23N3. The van der Waals surface area contributed by atoms with E-state index in [0.29, 0.717) is 5.92 Å². The van der Waals surface area contributed by atoms with Gasteiger partial charge in [0.05, 0.1) is 0 Å². The minimum atomic E-state index is 0.572. The van der Waals surface area contributed by atoms with E-state index in [2.05, 4.69) is 22.2 Å². The van der Waals surface area contributed by atoms with Crippen molar-refractivity contribution < 1.29 is 0 Å². The van der Waals surface area contributed by atoms with E-state index in [1.807, 2.05) is 13.1 Å². The van der Waals surface area contributed by atoms with E-state index >= 15 is 0 Å². The van der Waals surface area contributed by atoms with E-state index in [4.69, 9.17) is 0 Å². The Bertz CT molecular complexity index is 354. The first-order valence-electron chi connectivity index (χ1n) is 6.83. The quantitative estimate of drug-likeness (QED) is 0.847. The molecule has 1 aromatic rings. The van der Waals surface area contributed by atoms with Gasteiger partial charge in [0.1, 0.15) is 11.6 Å². The molecule has 2 rings (SSSR count). The maximum Gasteiger partial charge on any atom is 0.134 e. The molecule has 1 saturated carbocycles. The van der Waals surface area contributed by atoms with Crippen molar-refractivity contribution in [2.45, 2.75) is 57.8 Å². The van der Waals surface area contributed by atoms with Crippen molar-refractivity contribution in [1.82, 2.24) is 9.97 Å². The second-order valence-corrected chi connectivity index (χ2v) is 5.04. The lowest BCUT2D eigenvalue weighted by Gasteiger charge is -2.19. The van der Waals surface area contributed by atoms with Crippen LogP contribution in [0.15, 0.2) is 6.07 Å². The normalized spacial score (nSPS) is 18.5. The number of hydrogen-bond donors (Lipinski definition) is 1. The first-order chi connectivity index (χ1) is 8.29. The molecule has 0 radical (unpaired) electrons. The largest absolute Gasteiger partial charge is 0.373 e. The van der Waals surface area contributed by atoms with Crippen molar-refractivity contribution >= 4 is 5.82 Å². The number of aromatic nitrogens is 2. The van der Waals surface area contributed by atoms with Gasteiger partial charge in [0.25, 0.3) is 0 Å². The van der Waals surface area contributed by atoms with Gasteiger partial charge in [-0.1, -0.05) is 32.1 Å². The van der Waals surface area contributed by atoms with Crippen LogP contribution in [-0.4, -0.2) is 17.0 Å². The first kappa shape index (κ1) is 12.3. The molecule has 1 aromatic heterocycles. The fourth-order valence-corrected chi connectivity index (χ4v) is 2.62. The summed E-state index contributed by atoms with van der Waals surface area (Å²) in [5.74, 6) is 2.58. The zero-order valence-electron chi connectivity index (χ0n) is 11.0. The highest BCUT2D eigenvalue weighted by atomic mass is 15.0. The Hall–Kier alpha value is -1.12. The molecular weight excluding hydrogens is 210 g/mol. The maximum absolute atomic E-state index is 4.63. The van der Waals surface area contributed by atoms with Crippen molar-refractivity contribution in [3.8, 4) is 0 Å². The van der Waals surface area contributed by atoms with E-state index in [-0.39, 0.29) is 0 Å². The second-order valence-electron chi connectivity index (χ2n) is 5.04. The fourth-order valence-electron chi connectivity index (χ4n) is 2.62. The van der Waals surface area contributed by atoms with Gasteiger partial charge in [-0.2, -0.15) is 0 Å². The lowest BCUT2D eigenvalue weighted by Crippen LogP contribution is -2.09. The maximum atomic E-state index is 4.63. The molecule has 94 valence electrons. The molecule has 0 unspecified atom stereocenters. The van der Waals surface area contributed by atoms with Crippen LogP contribution in [0.2, 0.25) is 0 Å². The van der Waals surface area contributed by atoms with Crippen LogP contribution in [0.3, 0.4) is 0 Å². The van der Waals surface area contributed by atoms with E-state index in [9.17, 15) is 0 Å². The van der Waals surface area contributed by atoms with Crippen LogP contribution in [0, 0.1) is 6.92 Å². The molecule has 3 heteroatoms. The molecule has 1 heterocycles. The topological polar surface area (TPSA) is 37.8 Å².